The molecule has 0 aliphatic rings. The Kier molecular flexibility index (Phi) is 4.42. The highest BCUT2D eigenvalue weighted by Gasteiger charge is 2.12. The van der Waals surface area contributed by atoms with Crippen molar-refractivity contribution < 1.29 is 18.3 Å². The van der Waals surface area contributed by atoms with Gasteiger partial charge in [-0.1, -0.05) is 6.92 Å². The maximum absolute atomic E-state index is 13.0. The molecule has 1 aromatic heterocycles. The summed E-state index contributed by atoms with van der Waals surface area (Å²) in [5.74, 6) is 0.495. The third kappa shape index (κ3) is 3.70. The van der Waals surface area contributed by atoms with E-state index >= 15 is 0 Å². The number of halogens is 1. The number of ether oxygens (including phenoxy) is 1. The molecule has 0 N–H and O–H groups in total. The van der Waals surface area contributed by atoms with Crippen molar-refractivity contribution in [3.8, 4) is 0 Å². The highest BCUT2D eigenvalue weighted by atomic mass is 32.2. The summed E-state index contributed by atoms with van der Waals surface area (Å²) in [7, 11) is 1.37. The molecule has 0 aliphatic carbocycles. The average molecular weight is 283 g/mol. The lowest BCUT2D eigenvalue weighted by atomic mass is 10.3. The molecule has 0 aliphatic heterocycles. The van der Waals surface area contributed by atoms with Crippen LogP contribution in [0.4, 0.5) is 4.39 Å². The summed E-state index contributed by atoms with van der Waals surface area (Å²) < 4.78 is 23.1. The molecular weight excluding hydrogens is 269 g/mol. The van der Waals surface area contributed by atoms with Crippen LogP contribution in [0.5, 0.6) is 0 Å². The van der Waals surface area contributed by atoms with Crippen molar-refractivity contribution in [1.82, 2.24) is 4.98 Å². The van der Waals surface area contributed by atoms with E-state index in [4.69, 9.17) is 4.42 Å². The Balaban J connectivity index is 1.96. The summed E-state index contributed by atoms with van der Waals surface area (Å²) in [4.78, 5) is 15.3. The van der Waals surface area contributed by atoms with Crippen LogP contribution in [-0.2, 0) is 15.3 Å². The number of aromatic nitrogens is 1. The molecule has 0 saturated carbocycles. The molecule has 0 spiro atoms. The zero-order valence-corrected chi connectivity index (χ0v) is 11.5. The van der Waals surface area contributed by atoms with Gasteiger partial charge in [0.05, 0.1) is 19.3 Å². The number of oxazole rings is 1. The van der Waals surface area contributed by atoms with Gasteiger partial charge in [-0.25, -0.2) is 9.37 Å². The highest BCUT2D eigenvalue weighted by molar-refractivity contribution is 7.99. The van der Waals surface area contributed by atoms with Crippen molar-refractivity contribution in [2.45, 2.75) is 24.3 Å². The van der Waals surface area contributed by atoms with Crippen LogP contribution < -0.4 is 0 Å². The number of esters is 1. The molecule has 6 heteroatoms. The van der Waals surface area contributed by atoms with Gasteiger partial charge in [-0.15, -0.1) is 11.8 Å². The first-order chi connectivity index (χ1) is 9.08. The number of methoxy groups -OCH3 is 1. The van der Waals surface area contributed by atoms with Crippen LogP contribution in [0.1, 0.15) is 19.2 Å². The minimum Gasteiger partial charge on any atom is -0.469 e. The van der Waals surface area contributed by atoms with Crippen molar-refractivity contribution in [1.29, 1.82) is 0 Å². The van der Waals surface area contributed by atoms with Crippen molar-refractivity contribution in [3.63, 3.8) is 0 Å². The normalized spacial score (nSPS) is 12.6. The third-order valence-corrected chi connectivity index (χ3v) is 3.72. The van der Waals surface area contributed by atoms with Crippen LogP contribution in [0.3, 0.4) is 0 Å². The van der Waals surface area contributed by atoms with E-state index in [-0.39, 0.29) is 17.0 Å². The molecule has 102 valence electrons. The predicted octanol–water partition coefficient (Wildman–Crippen LogP) is 3.15. The lowest BCUT2D eigenvalue weighted by Crippen LogP contribution is -2.08. The van der Waals surface area contributed by atoms with E-state index in [1.54, 1.807) is 17.8 Å². The van der Waals surface area contributed by atoms with E-state index in [9.17, 15) is 9.18 Å². The zero-order chi connectivity index (χ0) is 13.8. The summed E-state index contributed by atoms with van der Waals surface area (Å²) in [6.45, 7) is 1.93. The van der Waals surface area contributed by atoms with Gasteiger partial charge in [0.15, 0.2) is 5.58 Å². The molecule has 19 heavy (non-hydrogen) atoms. The summed E-state index contributed by atoms with van der Waals surface area (Å²) in [6.07, 6.45) is 0.343. The molecule has 2 aromatic rings. The van der Waals surface area contributed by atoms with Crippen LogP contribution in [0.25, 0.3) is 11.1 Å². The van der Waals surface area contributed by atoms with Crippen molar-refractivity contribution in [2.75, 3.05) is 7.11 Å². The third-order valence-electron chi connectivity index (χ3n) is 2.57. The van der Waals surface area contributed by atoms with Gasteiger partial charge in [0, 0.05) is 11.3 Å². The number of thioether (sulfide) groups is 1. The average Bonchev–Trinajstić information content (AvgIpc) is 2.78. The topological polar surface area (TPSA) is 52.3 Å². The SMILES string of the molecule is COC(=O)C[C@@H](C)SCc1nc2cc(F)ccc2o1. The Morgan fingerprint density at radius 1 is 1.58 bits per heavy atom. The summed E-state index contributed by atoms with van der Waals surface area (Å²) in [5, 5.41) is 0.110. The Morgan fingerprint density at radius 2 is 2.37 bits per heavy atom. The fourth-order valence-electron chi connectivity index (χ4n) is 1.60. The van der Waals surface area contributed by atoms with Gasteiger partial charge in [0.25, 0.3) is 0 Å². The monoisotopic (exact) mass is 283 g/mol. The standard InChI is InChI=1S/C13H14FNO3S/c1-8(5-13(16)17-2)19-7-12-15-10-6-9(14)3-4-11(10)18-12/h3-4,6,8H,5,7H2,1-2H3/t8-/m1/s1. The summed E-state index contributed by atoms with van der Waals surface area (Å²) >= 11 is 1.54. The van der Waals surface area contributed by atoms with E-state index in [0.29, 0.717) is 29.2 Å². The van der Waals surface area contributed by atoms with E-state index < -0.39 is 0 Å². The van der Waals surface area contributed by atoms with Crippen LogP contribution in [0.2, 0.25) is 0 Å². The predicted molar refractivity (Wildman–Crippen MR) is 71.4 cm³/mol. The van der Waals surface area contributed by atoms with Gasteiger partial charge in [0.2, 0.25) is 5.89 Å². The second-order valence-corrected chi connectivity index (χ2v) is 5.55. The molecule has 0 bridgehead atoms. The molecular formula is C13H14FNO3S. The largest absolute Gasteiger partial charge is 0.469 e. The fourth-order valence-corrected chi connectivity index (χ4v) is 2.41. The Morgan fingerprint density at radius 3 is 3.11 bits per heavy atom. The molecule has 0 saturated heterocycles. The maximum Gasteiger partial charge on any atom is 0.306 e. The number of fused-ring (bicyclic) bond motifs is 1. The lowest BCUT2D eigenvalue weighted by Gasteiger charge is -2.07. The van der Waals surface area contributed by atoms with E-state index in [2.05, 4.69) is 9.72 Å². The molecule has 2 rings (SSSR count). The van der Waals surface area contributed by atoms with Crippen LogP contribution in [0.15, 0.2) is 22.6 Å². The van der Waals surface area contributed by atoms with E-state index in [1.807, 2.05) is 6.92 Å². The van der Waals surface area contributed by atoms with Gasteiger partial charge in [0.1, 0.15) is 11.3 Å². The van der Waals surface area contributed by atoms with Crippen LogP contribution in [0, 0.1) is 5.82 Å². The van der Waals surface area contributed by atoms with Gasteiger partial charge in [-0.2, -0.15) is 0 Å². The first-order valence-electron chi connectivity index (χ1n) is 5.82. The Hall–Kier alpha value is -1.56. The quantitative estimate of drug-likeness (QED) is 0.789. The second-order valence-electron chi connectivity index (χ2n) is 4.12. The van der Waals surface area contributed by atoms with Gasteiger partial charge in [-0.05, 0) is 12.1 Å². The molecule has 1 heterocycles. The zero-order valence-electron chi connectivity index (χ0n) is 10.7. The second kappa shape index (κ2) is 6.06. The van der Waals surface area contributed by atoms with Crippen LogP contribution >= 0.6 is 11.8 Å². The van der Waals surface area contributed by atoms with Crippen molar-refractivity contribution in [2.24, 2.45) is 0 Å². The van der Waals surface area contributed by atoms with Gasteiger partial charge >= 0.3 is 5.97 Å². The van der Waals surface area contributed by atoms with Crippen LogP contribution in [-0.4, -0.2) is 23.3 Å². The Labute approximate surface area is 114 Å². The molecule has 0 unspecified atom stereocenters. The number of rotatable bonds is 5. The molecule has 1 atom stereocenters. The smallest absolute Gasteiger partial charge is 0.306 e. The van der Waals surface area contributed by atoms with Crippen molar-refractivity contribution >= 4 is 28.8 Å². The molecule has 1 aromatic carbocycles. The minimum absolute atomic E-state index is 0.110. The van der Waals surface area contributed by atoms with Gasteiger partial charge in [-0.3, -0.25) is 4.79 Å². The first-order valence-corrected chi connectivity index (χ1v) is 6.86. The lowest BCUT2D eigenvalue weighted by molar-refractivity contribution is -0.140. The highest BCUT2D eigenvalue weighted by Crippen LogP contribution is 2.23. The number of hydrogen-bond donors (Lipinski definition) is 0. The van der Waals surface area contributed by atoms with E-state index in [0.717, 1.165) is 0 Å². The molecule has 0 radical (unpaired) electrons. The number of carbonyl (C=O) groups is 1. The summed E-state index contributed by atoms with van der Waals surface area (Å²) in [5.41, 5.74) is 1.08. The number of hydrogen-bond acceptors (Lipinski definition) is 5. The molecule has 0 amide bonds. The minimum atomic E-state index is -0.334. The number of benzene rings is 1. The van der Waals surface area contributed by atoms with Crippen molar-refractivity contribution in [3.05, 3.63) is 29.9 Å². The fraction of sp³-hybridized carbons (Fsp3) is 0.385. The molecule has 4 nitrogen and oxygen atoms in total. The number of nitrogens with zero attached hydrogens (tertiary/aromatic N) is 1. The van der Waals surface area contributed by atoms with E-state index in [1.165, 1.54) is 19.2 Å². The van der Waals surface area contributed by atoms with Gasteiger partial charge < -0.3 is 9.15 Å². The Bertz CT molecular complexity index is 584. The number of carbonyl (C=O) groups excluding carboxylic acids is 1. The molecule has 0 fully saturated rings. The summed E-state index contributed by atoms with van der Waals surface area (Å²) in [6, 6.07) is 4.24. The first kappa shape index (κ1) is 13.9. The maximum atomic E-state index is 13.0.